The summed E-state index contributed by atoms with van der Waals surface area (Å²) >= 11 is 3.27. The lowest BCUT2D eigenvalue weighted by Crippen LogP contribution is -2.61. The molecule has 7 heteroatoms. The Balaban J connectivity index is 6.43. The summed E-state index contributed by atoms with van der Waals surface area (Å²) in [4.78, 5) is 34.0. The molecule has 0 bridgehead atoms. The predicted octanol–water partition coefficient (Wildman–Crippen LogP) is 2.21. The van der Waals surface area contributed by atoms with Gasteiger partial charge < -0.3 is 15.3 Å². The van der Waals surface area contributed by atoms with Gasteiger partial charge in [-0.1, -0.05) is 36.7 Å². The maximum absolute atomic E-state index is 11.5. The van der Waals surface area contributed by atoms with Crippen molar-refractivity contribution < 1.29 is 29.7 Å². The fraction of sp³-hybridized carbons (Fsp3) is 0.750. The number of carbonyl (C=O) groups is 3. The average Bonchev–Trinajstić information content (AvgIpc) is 2.33. The van der Waals surface area contributed by atoms with Crippen LogP contribution in [0, 0.1) is 10.8 Å². The summed E-state index contributed by atoms with van der Waals surface area (Å²) in [6.07, 6.45) is 0.674. The first-order valence-corrected chi connectivity index (χ1v) is 6.94. The van der Waals surface area contributed by atoms with Gasteiger partial charge >= 0.3 is 17.9 Å². The van der Waals surface area contributed by atoms with Crippen LogP contribution in [0.2, 0.25) is 0 Å². The molecular formula is C12H19BrO6. The van der Waals surface area contributed by atoms with Gasteiger partial charge in [-0.2, -0.15) is 0 Å². The van der Waals surface area contributed by atoms with E-state index in [0.29, 0.717) is 6.42 Å². The Kier molecular flexibility index (Phi) is 5.99. The molecule has 0 heterocycles. The predicted molar refractivity (Wildman–Crippen MR) is 71.4 cm³/mol. The highest BCUT2D eigenvalue weighted by molar-refractivity contribution is 9.09. The van der Waals surface area contributed by atoms with Gasteiger partial charge in [-0.3, -0.25) is 14.4 Å². The number of hydrogen-bond donors (Lipinski definition) is 3. The summed E-state index contributed by atoms with van der Waals surface area (Å²) in [6, 6.07) is 0. The Hall–Kier alpha value is -1.11. The van der Waals surface area contributed by atoms with Crippen molar-refractivity contribution in [2.75, 3.05) is 0 Å². The van der Waals surface area contributed by atoms with E-state index in [0.717, 1.165) is 0 Å². The van der Waals surface area contributed by atoms with Gasteiger partial charge in [0.25, 0.3) is 5.41 Å². The molecule has 6 nitrogen and oxygen atoms in total. The third-order valence-corrected chi connectivity index (χ3v) is 5.45. The van der Waals surface area contributed by atoms with Crippen LogP contribution in [0.5, 0.6) is 0 Å². The maximum atomic E-state index is 11.5. The van der Waals surface area contributed by atoms with Crippen molar-refractivity contribution in [1.82, 2.24) is 0 Å². The number of aliphatic carboxylic acids is 3. The average molecular weight is 339 g/mol. The molecule has 0 radical (unpaired) electrons. The highest BCUT2D eigenvalue weighted by Gasteiger charge is 2.68. The van der Waals surface area contributed by atoms with Crippen molar-refractivity contribution in [3.63, 3.8) is 0 Å². The molecule has 0 amide bonds. The molecule has 1 atom stereocenters. The van der Waals surface area contributed by atoms with Gasteiger partial charge in [0.15, 0.2) is 0 Å². The van der Waals surface area contributed by atoms with Crippen LogP contribution >= 0.6 is 15.9 Å². The zero-order chi connectivity index (χ0) is 15.4. The van der Waals surface area contributed by atoms with Crippen LogP contribution in [0.15, 0.2) is 0 Å². The summed E-state index contributed by atoms with van der Waals surface area (Å²) < 4.78 is 0. The van der Waals surface area contributed by atoms with Crippen LogP contribution in [0.1, 0.15) is 40.0 Å². The summed E-state index contributed by atoms with van der Waals surface area (Å²) in [5.74, 6) is -5.52. The quantitative estimate of drug-likeness (QED) is 0.462. The molecule has 0 aliphatic heterocycles. The second-order valence-corrected chi connectivity index (χ2v) is 5.51. The fourth-order valence-electron chi connectivity index (χ4n) is 2.76. The lowest BCUT2D eigenvalue weighted by atomic mass is 9.58. The van der Waals surface area contributed by atoms with Gasteiger partial charge in [-0.15, -0.1) is 0 Å². The van der Waals surface area contributed by atoms with E-state index in [9.17, 15) is 29.7 Å². The van der Waals surface area contributed by atoms with Crippen molar-refractivity contribution in [3.8, 4) is 0 Å². The van der Waals surface area contributed by atoms with E-state index in [2.05, 4.69) is 15.9 Å². The van der Waals surface area contributed by atoms with Crippen LogP contribution in [0.4, 0.5) is 0 Å². The first kappa shape index (κ1) is 17.9. The van der Waals surface area contributed by atoms with Gasteiger partial charge in [-0.25, -0.2) is 0 Å². The van der Waals surface area contributed by atoms with Gasteiger partial charge in [0.1, 0.15) is 0 Å². The molecule has 0 rings (SSSR count). The highest BCUT2D eigenvalue weighted by Crippen LogP contribution is 2.52. The van der Waals surface area contributed by atoms with E-state index in [4.69, 9.17) is 0 Å². The Labute approximate surface area is 119 Å². The molecular weight excluding hydrogens is 320 g/mol. The minimum atomic E-state index is -2.86. The van der Waals surface area contributed by atoms with Gasteiger partial charge in [-0.05, 0) is 19.3 Å². The van der Waals surface area contributed by atoms with Crippen LogP contribution in [0.3, 0.4) is 0 Å². The topological polar surface area (TPSA) is 112 Å². The third kappa shape index (κ3) is 2.35. The van der Waals surface area contributed by atoms with E-state index in [1.165, 1.54) is 0 Å². The number of carboxylic acids is 3. The molecule has 0 saturated heterocycles. The zero-order valence-corrected chi connectivity index (χ0v) is 12.7. The Morgan fingerprint density at radius 3 is 1.42 bits per heavy atom. The van der Waals surface area contributed by atoms with Crippen molar-refractivity contribution in [3.05, 3.63) is 0 Å². The largest absolute Gasteiger partial charge is 0.480 e. The molecule has 0 aliphatic rings. The maximum Gasteiger partial charge on any atom is 0.333 e. The normalized spacial score (nSPS) is 13.9. The zero-order valence-electron chi connectivity index (χ0n) is 11.1. The van der Waals surface area contributed by atoms with Gasteiger partial charge in [0, 0.05) is 10.2 Å². The number of alkyl halides is 1. The van der Waals surface area contributed by atoms with Crippen molar-refractivity contribution in [1.29, 1.82) is 0 Å². The Morgan fingerprint density at radius 2 is 1.26 bits per heavy atom. The molecule has 19 heavy (non-hydrogen) atoms. The fourth-order valence-corrected chi connectivity index (χ4v) is 3.75. The smallest absolute Gasteiger partial charge is 0.333 e. The van der Waals surface area contributed by atoms with E-state index < -0.39 is 33.6 Å². The third-order valence-electron chi connectivity index (χ3n) is 3.93. The van der Waals surface area contributed by atoms with Crippen molar-refractivity contribution >= 4 is 33.8 Å². The first-order valence-electron chi connectivity index (χ1n) is 6.03. The molecule has 0 spiro atoms. The molecule has 0 saturated carbocycles. The summed E-state index contributed by atoms with van der Waals surface area (Å²) in [5, 5.41) is 28.0. The molecule has 3 N–H and O–H groups in total. The second-order valence-electron chi connectivity index (χ2n) is 4.40. The van der Waals surface area contributed by atoms with E-state index >= 15 is 0 Å². The van der Waals surface area contributed by atoms with E-state index in [1.807, 2.05) is 0 Å². The molecule has 0 aliphatic carbocycles. The minimum absolute atomic E-state index is 0.123. The van der Waals surface area contributed by atoms with E-state index in [-0.39, 0.29) is 12.8 Å². The van der Waals surface area contributed by atoms with Gasteiger partial charge in [0.05, 0.1) is 0 Å². The molecule has 0 fully saturated rings. The Morgan fingerprint density at radius 1 is 0.947 bits per heavy atom. The summed E-state index contributed by atoms with van der Waals surface area (Å²) in [5.41, 5.74) is -4.27. The summed E-state index contributed by atoms with van der Waals surface area (Å²) in [6.45, 7) is 4.96. The lowest BCUT2D eigenvalue weighted by Gasteiger charge is -2.44. The molecule has 1 unspecified atom stereocenters. The monoisotopic (exact) mass is 338 g/mol. The standard InChI is InChI=1S/C12H19BrO6/c1-4-7(13)11(5-2,6-3)12(8(14)15,9(16)17)10(18)19/h7H,4-6H2,1-3H3,(H,14,15)(H,16,17)(H,18,19). The first-order chi connectivity index (χ1) is 8.68. The highest BCUT2D eigenvalue weighted by atomic mass is 79.9. The van der Waals surface area contributed by atoms with Crippen LogP contribution in [-0.4, -0.2) is 38.1 Å². The number of hydrogen-bond acceptors (Lipinski definition) is 3. The lowest BCUT2D eigenvalue weighted by molar-refractivity contribution is -0.188. The summed E-state index contributed by atoms with van der Waals surface area (Å²) in [7, 11) is 0. The molecule has 110 valence electrons. The van der Waals surface area contributed by atoms with Gasteiger partial charge in [0.2, 0.25) is 0 Å². The Bertz CT molecular complexity index is 338. The minimum Gasteiger partial charge on any atom is -0.480 e. The number of carboxylic acid groups (broad SMARTS) is 3. The second kappa shape index (κ2) is 6.36. The number of halogens is 1. The van der Waals surface area contributed by atoms with Crippen LogP contribution in [0.25, 0.3) is 0 Å². The molecule has 0 aromatic heterocycles. The molecule has 0 aromatic rings. The van der Waals surface area contributed by atoms with Crippen LogP contribution in [-0.2, 0) is 14.4 Å². The SMILES string of the molecule is CCC(Br)C(CC)(CC)C(C(=O)O)(C(=O)O)C(=O)O. The van der Waals surface area contributed by atoms with E-state index in [1.54, 1.807) is 20.8 Å². The molecule has 0 aromatic carbocycles. The van der Waals surface area contributed by atoms with Crippen molar-refractivity contribution in [2.24, 2.45) is 10.8 Å². The van der Waals surface area contributed by atoms with Crippen molar-refractivity contribution in [2.45, 2.75) is 44.9 Å². The number of rotatable bonds is 8. The van der Waals surface area contributed by atoms with Crippen LogP contribution < -0.4 is 0 Å².